The zero-order valence-electron chi connectivity index (χ0n) is 11.2. The minimum Gasteiger partial charge on any atom is -0.399 e. The zero-order chi connectivity index (χ0) is 14.5. The van der Waals surface area contributed by atoms with E-state index < -0.39 is 9.84 Å². The van der Waals surface area contributed by atoms with Gasteiger partial charge in [-0.15, -0.1) is 0 Å². The number of ether oxygens (including phenoxy) is 1. The molecule has 0 aliphatic heterocycles. The molecule has 1 aromatic carbocycles. The van der Waals surface area contributed by atoms with Crippen LogP contribution in [0.25, 0.3) is 0 Å². The lowest BCUT2D eigenvalue weighted by molar-refractivity contribution is 0.137. The van der Waals surface area contributed by atoms with Gasteiger partial charge in [0.05, 0.1) is 22.3 Å². The van der Waals surface area contributed by atoms with Crippen LogP contribution < -0.4 is 5.73 Å². The molecule has 0 aromatic heterocycles. The molecule has 0 aliphatic rings. The van der Waals surface area contributed by atoms with Crippen molar-refractivity contribution in [3.8, 4) is 0 Å². The van der Waals surface area contributed by atoms with E-state index in [1.165, 1.54) is 18.2 Å². The Morgan fingerprint density at radius 2 is 2.00 bits per heavy atom. The third-order valence-corrected chi connectivity index (χ3v) is 4.78. The Kier molecular flexibility index (Phi) is 6.10. The highest BCUT2D eigenvalue weighted by Gasteiger charge is 2.17. The first kappa shape index (κ1) is 16.3. The van der Waals surface area contributed by atoms with Crippen molar-refractivity contribution in [1.82, 2.24) is 0 Å². The number of benzene rings is 1. The molecule has 0 spiro atoms. The van der Waals surface area contributed by atoms with Crippen molar-refractivity contribution < 1.29 is 13.2 Å². The summed E-state index contributed by atoms with van der Waals surface area (Å²) in [7, 11) is -3.42. The monoisotopic (exact) mass is 305 g/mol. The summed E-state index contributed by atoms with van der Waals surface area (Å²) in [4.78, 5) is 0.107. The Hall–Kier alpha value is -0.780. The van der Waals surface area contributed by atoms with E-state index in [9.17, 15) is 8.42 Å². The maximum Gasteiger partial charge on any atom is 0.182 e. The van der Waals surface area contributed by atoms with Crippen LogP contribution >= 0.6 is 11.6 Å². The fourth-order valence-corrected chi connectivity index (χ4v) is 3.20. The molecule has 6 heteroatoms. The number of sulfone groups is 1. The lowest BCUT2D eigenvalue weighted by Gasteiger charge is -2.09. The van der Waals surface area contributed by atoms with Gasteiger partial charge in [-0.2, -0.15) is 0 Å². The van der Waals surface area contributed by atoms with Gasteiger partial charge in [0.1, 0.15) is 0 Å². The van der Waals surface area contributed by atoms with Crippen molar-refractivity contribution in [2.24, 2.45) is 5.92 Å². The number of rotatable bonds is 7. The van der Waals surface area contributed by atoms with Gasteiger partial charge in [-0.05, 0) is 30.5 Å². The predicted octanol–water partition coefficient (Wildman–Crippen LogP) is 2.76. The topological polar surface area (TPSA) is 69.4 Å². The minimum absolute atomic E-state index is 0.0747. The molecule has 2 N–H and O–H groups in total. The molecule has 1 rings (SSSR count). The summed E-state index contributed by atoms with van der Waals surface area (Å²) in [6, 6.07) is 4.40. The summed E-state index contributed by atoms with van der Waals surface area (Å²) in [6.07, 6.45) is 0.919. The van der Waals surface area contributed by atoms with Gasteiger partial charge >= 0.3 is 0 Å². The molecule has 0 atom stereocenters. The molecule has 0 radical (unpaired) electrons. The van der Waals surface area contributed by atoms with Crippen molar-refractivity contribution in [2.75, 3.05) is 24.7 Å². The molecule has 4 nitrogen and oxygen atoms in total. The fraction of sp³-hybridized carbons (Fsp3) is 0.538. The highest BCUT2D eigenvalue weighted by molar-refractivity contribution is 7.91. The second kappa shape index (κ2) is 7.12. The SMILES string of the molecule is CC(C)CCOCCS(=O)(=O)c1ccc(N)cc1Cl. The van der Waals surface area contributed by atoms with Gasteiger partial charge in [0, 0.05) is 12.3 Å². The van der Waals surface area contributed by atoms with E-state index in [-0.39, 0.29) is 22.3 Å². The normalized spacial score (nSPS) is 12.0. The predicted molar refractivity (Wildman–Crippen MR) is 78.2 cm³/mol. The van der Waals surface area contributed by atoms with E-state index in [0.717, 1.165) is 6.42 Å². The summed E-state index contributed by atoms with van der Waals surface area (Å²) >= 11 is 5.90. The third-order valence-electron chi connectivity index (χ3n) is 2.63. The molecule has 0 saturated heterocycles. The van der Waals surface area contributed by atoms with E-state index in [1.807, 2.05) is 0 Å². The highest BCUT2D eigenvalue weighted by atomic mass is 35.5. The molecular weight excluding hydrogens is 286 g/mol. The second-order valence-corrected chi connectivity index (χ2v) is 7.29. The van der Waals surface area contributed by atoms with Gasteiger partial charge in [-0.3, -0.25) is 0 Å². The van der Waals surface area contributed by atoms with Crippen LogP contribution in [0.1, 0.15) is 20.3 Å². The van der Waals surface area contributed by atoms with E-state index >= 15 is 0 Å². The smallest absolute Gasteiger partial charge is 0.182 e. The Labute approximate surface area is 119 Å². The standard InChI is InChI=1S/C13H20ClNO3S/c1-10(2)5-6-18-7-8-19(16,17)13-4-3-11(15)9-12(13)14/h3-4,9-10H,5-8,15H2,1-2H3. The maximum absolute atomic E-state index is 12.1. The number of hydrogen-bond donors (Lipinski definition) is 1. The first-order chi connectivity index (χ1) is 8.83. The molecular formula is C13H20ClNO3S. The summed E-state index contributed by atoms with van der Waals surface area (Å²) in [5.41, 5.74) is 5.98. The van der Waals surface area contributed by atoms with Gasteiger partial charge in [0.2, 0.25) is 0 Å². The van der Waals surface area contributed by atoms with Crippen molar-refractivity contribution in [1.29, 1.82) is 0 Å². The van der Waals surface area contributed by atoms with Crippen LogP contribution in [0.2, 0.25) is 5.02 Å². The largest absolute Gasteiger partial charge is 0.399 e. The first-order valence-electron chi connectivity index (χ1n) is 6.18. The van der Waals surface area contributed by atoms with Crippen molar-refractivity contribution >= 4 is 27.1 Å². The van der Waals surface area contributed by atoms with Crippen molar-refractivity contribution in [3.05, 3.63) is 23.2 Å². The second-order valence-electron chi connectivity index (χ2n) is 4.80. The van der Waals surface area contributed by atoms with Crippen LogP contribution in [0.15, 0.2) is 23.1 Å². The van der Waals surface area contributed by atoms with Crippen LogP contribution in [0.5, 0.6) is 0 Å². The fourth-order valence-electron chi connectivity index (χ4n) is 1.47. The van der Waals surface area contributed by atoms with E-state index in [0.29, 0.717) is 18.2 Å². The number of halogens is 1. The number of hydrogen-bond acceptors (Lipinski definition) is 4. The molecule has 108 valence electrons. The summed E-state index contributed by atoms with van der Waals surface area (Å²) in [5.74, 6) is 0.470. The summed E-state index contributed by atoms with van der Waals surface area (Å²) in [6.45, 7) is 4.93. The van der Waals surface area contributed by atoms with E-state index in [2.05, 4.69) is 13.8 Å². The van der Waals surface area contributed by atoms with Crippen molar-refractivity contribution in [3.63, 3.8) is 0 Å². The first-order valence-corrected chi connectivity index (χ1v) is 8.21. The molecule has 1 aromatic rings. The van der Waals surface area contributed by atoms with Gasteiger partial charge in [-0.1, -0.05) is 25.4 Å². The average Bonchev–Trinajstić information content (AvgIpc) is 2.27. The molecule has 0 fully saturated rings. The summed E-state index contributed by atoms with van der Waals surface area (Å²) < 4.78 is 29.4. The van der Waals surface area contributed by atoms with Crippen LogP contribution in [-0.4, -0.2) is 27.4 Å². The van der Waals surface area contributed by atoms with Gasteiger partial charge < -0.3 is 10.5 Å². The Morgan fingerprint density at radius 1 is 1.32 bits per heavy atom. The molecule has 19 heavy (non-hydrogen) atoms. The lowest BCUT2D eigenvalue weighted by atomic mass is 10.1. The van der Waals surface area contributed by atoms with Crippen LogP contribution in [0.4, 0.5) is 5.69 Å². The number of nitrogens with two attached hydrogens (primary N) is 1. The van der Waals surface area contributed by atoms with Gasteiger partial charge in [0.25, 0.3) is 0 Å². The van der Waals surface area contributed by atoms with Gasteiger partial charge in [-0.25, -0.2) is 8.42 Å². The maximum atomic E-state index is 12.1. The lowest BCUT2D eigenvalue weighted by Crippen LogP contribution is -2.14. The van der Waals surface area contributed by atoms with E-state index in [4.69, 9.17) is 22.1 Å². The van der Waals surface area contributed by atoms with Crippen molar-refractivity contribution in [2.45, 2.75) is 25.2 Å². The summed E-state index contributed by atoms with van der Waals surface area (Å²) in [5, 5.41) is 0.155. The molecule has 0 saturated carbocycles. The molecule has 0 unspecified atom stereocenters. The Morgan fingerprint density at radius 3 is 2.58 bits per heavy atom. The molecule has 0 heterocycles. The Balaban J connectivity index is 2.56. The Bertz CT molecular complexity index is 515. The van der Waals surface area contributed by atoms with Gasteiger partial charge in [0.15, 0.2) is 9.84 Å². The minimum atomic E-state index is -3.42. The molecule has 0 amide bonds. The van der Waals surface area contributed by atoms with Crippen LogP contribution in [-0.2, 0) is 14.6 Å². The molecule has 0 aliphatic carbocycles. The third kappa shape index (κ3) is 5.38. The molecule has 0 bridgehead atoms. The number of nitrogen functional groups attached to an aromatic ring is 1. The average molecular weight is 306 g/mol. The van der Waals surface area contributed by atoms with Crippen LogP contribution in [0, 0.1) is 5.92 Å². The van der Waals surface area contributed by atoms with E-state index in [1.54, 1.807) is 0 Å². The number of anilines is 1. The highest BCUT2D eigenvalue weighted by Crippen LogP contribution is 2.24. The zero-order valence-corrected chi connectivity index (χ0v) is 12.8. The van der Waals surface area contributed by atoms with Crippen LogP contribution in [0.3, 0.4) is 0 Å². The quantitative estimate of drug-likeness (QED) is 0.621.